The molecule has 1 aliphatic carbocycles. The number of benzene rings is 1. The molecule has 2 atom stereocenters. The van der Waals surface area contributed by atoms with E-state index in [1.165, 1.54) is 11.1 Å². The normalized spacial score (nSPS) is 26.2. The molecule has 0 fully saturated rings. The second kappa shape index (κ2) is 4.73. The third-order valence-electron chi connectivity index (χ3n) is 4.18. The van der Waals surface area contributed by atoms with Crippen LogP contribution in [0.3, 0.4) is 0 Å². The number of aryl methyl sites for hydroxylation is 1. The Labute approximate surface area is 118 Å². The summed E-state index contributed by atoms with van der Waals surface area (Å²) in [5.74, 6) is 0.617. The largest absolute Gasteiger partial charge is 0.321 e. The van der Waals surface area contributed by atoms with Gasteiger partial charge in [-0.3, -0.25) is 0 Å². The summed E-state index contributed by atoms with van der Waals surface area (Å²) in [6, 6.07) is 8.65. The van der Waals surface area contributed by atoms with Crippen LogP contribution in [0.25, 0.3) is 0 Å². The number of fused-ring (bicyclic) bond motifs is 1. The Hall–Kier alpha value is -1.19. The highest BCUT2D eigenvalue weighted by Gasteiger charge is 2.35. The molecule has 3 rings (SSSR count). The Morgan fingerprint density at radius 2 is 2.21 bits per heavy atom. The number of hydrogen-bond donors (Lipinski definition) is 1. The zero-order valence-corrected chi connectivity index (χ0v) is 12.3. The summed E-state index contributed by atoms with van der Waals surface area (Å²) in [5, 5.41) is 3.26. The first-order chi connectivity index (χ1) is 9.08. The molecule has 0 bridgehead atoms. The monoisotopic (exact) mass is 272 g/mol. The third kappa shape index (κ3) is 2.33. The molecule has 0 spiro atoms. The van der Waals surface area contributed by atoms with Crippen molar-refractivity contribution >= 4 is 11.3 Å². The number of rotatable bonds is 2. The molecule has 0 amide bonds. The molecule has 1 aromatic carbocycles. The van der Waals surface area contributed by atoms with E-state index in [-0.39, 0.29) is 5.54 Å². The molecule has 2 unspecified atom stereocenters. The molecule has 1 aliphatic rings. The van der Waals surface area contributed by atoms with E-state index in [0.29, 0.717) is 5.92 Å². The lowest BCUT2D eigenvalue weighted by Crippen LogP contribution is -2.42. The zero-order valence-electron chi connectivity index (χ0n) is 11.5. The van der Waals surface area contributed by atoms with Gasteiger partial charge in [0.05, 0.1) is 5.01 Å². The van der Waals surface area contributed by atoms with Crippen LogP contribution in [-0.2, 0) is 12.0 Å². The van der Waals surface area contributed by atoms with Gasteiger partial charge in [-0.15, -0.1) is 11.3 Å². The molecule has 0 saturated heterocycles. The molecule has 2 N–H and O–H groups in total. The maximum atomic E-state index is 6.74. The Morgan fingerprint density at radius 1 is 1.42 bits per heavy atom. The van der Waals surface area contributed by atoms with Crippen LogP contribution in [0.4, 0.5) is 0 Å². The van der Waals surface area contributed by atoms with Crippen LogP contribution in [0, 0.1) is 6.92 Å². The highest BCUT2D eigenvalue weighted by molar-refractivity contribution is 7.09. The SMILES string of the molecule is Cc1csc(CC2(N)CCC(C)c3ccccc32)n1. The van der Waals surface area contributed by atoms with Crippen molar-refractivity contribution in [2.24, 2.45) is 5.73 Å². The molecular formula is C16H20N2S. The number of nitrogens with zero attached hydrogens (tertiary/aromatic N) is 1. The van der Waals surface area contributed by atoms with Crippen LogP contribution >= 0.6 is 11.3 Å². The Bertz CT molecular complexity index is 590. The lowest BCUT2D eigenvalue weighted by molar-refractivity contribution is 0.348. The van der Waals surface area contributed by atoms with E-state index >= 15 is 0 Å². The smallest absolute Gasteiger partial charge is 0.0949 e. The van der Waals surface area contributed by atoms with Crippen molar-refractivity contribution < 1.29 is 0 Å². The minimum atomic E-state index is -0.243. The molecule has 1 aromatic heterocycles. The second-order valence-electron chi connectivity index (χ2n) is 5.74. The first-order valence-corrected chi connectivity index (χ1v) is 7.76. The Kier molecular flexibility index (Phi) is 3.19. The van der Waals surface area contributed by atoms with Gasteiger partial charge in [-0.2, -0.15) is 0 Å². The fraction of sp³-hybridized carbons (Fsp3) is 0.438. The van der Waals surface area contributed by atoms with Crippen molar-refractivity contribution in [3.8, 4) is 0 Å². The molecule has 1 heterocycles. The van der Waals surface area contributed by atoms with Crippen molar-refractivity contribution in [3.63, 3.8) is 0 Å². The van der Waals surface area contributed by atoms with Gasteiger partial charge in [0.2, 0.25) is 0 Å². The van der Waals surface area contributed by atoms with Crippen LogP contribution < -0.4 is 5.73 Å². The molecular weight excluding hydrogens is 252 g/mol. The summed E-state index contributed by atoms with van der Waals surface area (Å²) in [6.45, 7) is 4.34. The van der Waals surface area contributed by atoms with Gasteiger partial charge in [0, 0.05) is 23.0 Å². The van der Waals surface area contributed by atoms with E-state index in [1.54, 1.807) is 11.3 Å². The van der Waals surface area contributed by atoms with Crippen molar-refractivity contribution in [2.45, 2.75) is 44.6 Å². The topological polar surface area (TPSA) is 38.9 Å². The summed E-state index contributed by atoms with van der Waals surface area (Å²) in [6.07, 6.45) is 3.07. The fourth-order valence-electron chi connectivity index (χ4n) is 3.08. The predicted octanol–water partition coefficient (Wildman–Crippen LogP) is 3.75. The van der Waals surface area contributed by atoms with Crippen LogP contribution in [0.1, 0.15) is 47.5 Å². The summed E-state index contributed by atoms with van der Waals surface area (Å²) in [5.41, 5.74) is 10.3. The molecule has 2 nitrogen and oxygen atoms in total. The number of nitrogens with two attached hydrogens (primary N) is 1. The summed E-state index contributed by atoms with van der Waals surface area (Å²) < 4.78 is 0. The lowest BCUT2D eigenvalue weighted by Gasteiger charge is -2.38. The zero-order chi connectivity index (χ0) is 13.5. The van der Waals surface area contributed by atoms with E-state index in [2.05, 4.69) is 41.6 Å². The van der Waals surface area contributed by atoms with Crippen molar-refractivity contribution in [1.82, 2.24) is 4.98 Å². The average Bonchev–Trinajstić information content (AvgIpc) is 2.80. The summed E-state index contributed by atoms with van der Waals surface area (Å²) in [4.78, 5) is 4.58. The van der Waals surface area contributed by atoms with E-state index in [4.69, 9.17) is 5.73 Å². The molecule has 0 radical (unpaired) electrons. The third-order valence-corrected chi connectivity index (χ3v) is 5.15. The highest BCUT2D eigenvalue weighted by Crippen LogP contribution is 2.41. The van der Waals surface area contributed by atoms with Gasteiger partial charge in [-0.05, 0) is 36.8 Å². The van der Waals surface area contributed by atoms with E-state index in [0.717, 1.165) is 30.0 Å². The first-order valence-electron chi connectivity index (χ1n) is 6.88. The summed E-state index contributed by atoms with van der Waals surface area (Å²) >= 11 is 1.73. The van der Waals surface area contributed by atoms with E-state index in [1.807, 2.05) is 6.92 Å². The van der Waals surface area contributed by atoms with Gasteiger partial charge in [0.1, 0.15) is 0 Å². The molecule has 2 aromatic rings. The van der Waals surface area contributed by atoms with Gasteiger partial charge in [-0.1, -0.05) is 31.2 Å². The fourth-order valence-corrected chi connectivity index (χ4v) is 3.98. The molecule has 0 saturated carbocycles. The van der Waals surface area contributed by atoms with Crippen molar-refractivity contribution in [2.75, 3.05) is 0 Å². The van der Waals surface area contributed by atoms with E-state index in [9.17, 15) is 0 Å². The number of hydrogen-bond acceptors (Lipinski definition) is 3. The minimum absolute atomic E-state index is 0.243. The maximum absolute atomic E-state index is 6.74. The van der Waals surface area contributed by atoms with Gasteiger partial charge in [0.25, 0.3) is 0 Å². The second-order valence-corrected chi connectivity index (χ2v) is 6.69. The molecule has 0 aliphatic heterocycles. The van der Waals surface area contributed by atoms with Crippen LogP contribution in [0.2, 0.25) is 0 Å². The minimum Gasteiger partial charge on any atom is -0.321 e. The van der Waals surface area contributed by atoms with Gasteiger partial charge in [-0.25, -0.2) is 4.98 Å². The van der Waals surface area contributed by atoms with Crippen LogP contribution in [0.15, 0.2) is 29.6 Å². The van der Waals surface area contributed by atoms with Crippen LogP contribution in [0.5, 0.6) is 0 Å². The van der Waals surface area contributed by atoms with Crippen LogP contribution in [-0.4, -0.2) is 4.98 Å². The first kappa shape index (κ1) is 12.8. The molecule has 19 heavy (non-hydrogen) atoms. The van der Waals surface area contributed by atoms with Crippen molar-refractivity contribution in [1.29, 1.82) is 0 Å². The Balaban J connectivity index is 1.98. The summed E-state index contributed by atoms with van der Waals surface area (Å²) in [7, 11) is 0. The Morgan fingerprint density at radius 3 is 2.95 bits per heavy atom. The van der Waals surface area contributed by atoms with E-state index < -0.39 is 0 Å². The highest BCUT2D eigenvalue weighted by atomic mass is 32.1. The maximum Gasteiger partial charge on any atom is 0.0949 e. The molecule has 3 heteroatoms. The van der Waals surface area contributed by atoms with Gasteiger partial charge >= 0.3 is 0 Å². The number of aromatic nitrogens is 1. The molecule has 100 valence electrons. The number of thiazole rings is 1. The standard InChI is InChI=1S/C16H20N2S/c1-11-7-8-16(17,9-15-18-12(2)10-19-15)14-6-4-3-5-13(11)14/h3-6,10-11H,7-9,17H2,1-2H3. The average molecular weight is 272 g/mol. The predicted molar refractivity (Wildman–Crippen MR) is 80.5 cm³/mol. The quantitative estimate of drug-likeness (QED) is 0.904. The van der Waals surface area contributed by atoms with Crippen molar-refractivity contribution in [3.05, 3.63) is 51.5 Å². The lowest BCUT2D eigenvalue weighted by atomic mass is 9.71. The van der Waals surface area contributed by atoms with Gasteiger partial charge in [0.15, 0.2) is 0 Å². The van der Waals surface area contributed by atoms with Gasteiger partial charge < -0.3 is 5.73 Å².